The normalized spacial score (nSPS) is 19.3. The number of nitrogens with one attached hydrogen (secondary N) is 1. The Morgan fingerprint density at radius 1 is 1.08 bits per heavy atom. The van der Waals surface area contributed by atoms with E-state index in [0.29, 0.717) is 23.1 Å². The van der Waals surface area contributed by atoms with Crippen LogP contribution >= 0.6 is 11.6 Å². The number of sulfonamides is 1. The topological polar surface area (TPSA) is 117 Å². The quantitative estimate of drug-likeness (QED) is 0.359. The highest BCUT2D eigenvalue weighted by molar-refractivity contribution is 7.92. The number of ether oxygens (including phenoxy) is 4. The highest BCUT2D eigenvalue weighted by Crippen LogP contribution is 2.37. The van der Waals surface area contributed by atoms with E-state index in [1.165, 1.54) is 44.6 Å². The molecule has 2 aromatic carbocycles. The van der Waals surface area contributed by atoms with Crippen molar-refractivity contribution in [3.8, 4) is 11.5 Å². The molecule has 0 aromatic heterocycles. The molecule has 0 amide bonds. The number of benzene rings is 2. The predicted octanol–water partition coefficient (Wildman–Crippen LogP) is 5.63. The second kappa shape index (κ2) is 12.9. The van der Waals surface area contributed by atoms with Gasteiger partial charge in [0.15, 0.2) is 6.61 Å². The maximum atomic E-state index is 13.2. The lowest BCUT2D eigenvalue weighted by Gasteiger charge is -2.36. The van der Waals surface area contributed by atoms with Gasteiger partial charge in [-0.3, -0.25) is 4.72 Å². The van der Waals surface area contributed by atoms with Gasteiger partial charge in [-0.2, -0.15) is 0 Å². The van der Waals surface area contributed by atoms with E-state index in [4.69, 9.17) is 30.5 Å². The molecule has 1 fully saturated rings. The summed E-state index contributed by atoms with van der Waals surface area (Å²) in [5, 5.41) is 0.179. The molecule has 9 nitrogen and oxygen atoms in total. The summed E-state index contributed by atoms with van der Waals surface area (Å²) in [4.78, 5) is 25.2. The monoisotopic (exact) mass is 581 g/mol. The summed E-state index contributed by atoms with van der Waals surface area (Å²) in [6, 6.07) is 6.85. The Hall–Kier alpha value is -2.98. The van der Waals surface area contributed by atoms with E-state index in [2.05, 4.69) is 25.5 Å². The molecule has 3 atom stereocenters. The molecule has 1 N–H and O–H groups in total. The smallest absolute Gasteiger partial charge is 0.344 e. The Kier molecular flexibility index (Phi) is 10.1. The molecule has 39 heavy (non-hydrogen) atoms. The van der Waals surface area contributed by atoms with E-state index in [9.17, 15) is 18.0 Å². The lowest BCUT2D eigenvalue weighted by atomic mass is 9.75. The third-order valence-electron chi connectivity index (χ3n) is 7.02. The fourth-order valence-corrected chi connectivity index (χ4v) is 6.11. The Labute approximate surface area is 235 Å². The third kappa shape index (κ3) is 7.57. The van der Waals surface area contributed by atoms with Gasteiger partial charge in [0.2, 0.25) is 0 Å². The molecule has 1 aliphatic carbocycles. The van der Waals surface area contributed by atoms with Crippen LogP contribution in [0.25, 0.3) is 0 Å². The summed E-state index contributed by atoms with van der Waals surface area (Å²) in [5.74, 6) is 0.133. The molecule has 2 aromatic rings. The molecule has 3 rings (SSSR count). The Bertz CT molecular complexity index is 1310. The zero-order valence-electron chi connectivity index (χ0n) is 23.1. The van der Waals surface area contributed by atoms with Crippen LogP contribution in [-0.2, 0) is 24.3 Å². The first-order chi connectivity index (χ1) is 18.4. The van der Waals surface area contributed by atoms with Gasteiger partial charge in [0.25, 0.3) is 10.0 Å². The van der Waals surface area contributed by atoms with Crippen molar-refractivity contribution in [3.05, 3.63) is 46.5 Å². The standard InChI is InChI=1S/C28H36ClNO8S/c1-16(2)20-10-7-17(3)11-24(20)38-27(31)15-37-28(32)21-12-19(9-8-18(21)4)39(33,34)30-23-13-22(29)25(35-5)14-26(23)36-6/h8-9,12-14,16-17,20,24,30H,7,10-11,15H2,1-6H3. The van der Waals surface area contributed by atoms with Crippen molar-refractivity contribution >= 4 is 39.3 Å². The number of methoxy groups -OCH3 is 2. The van der Waals surface area contributed by atoms with Gasteiger partial charge in [-0.1, -0.05) is 44.9 Å². The van der Waals surface area contributed by atoms with Gasteiger partial charge < -0.3 is 18.9 Å². The summed E-state index contributed by atoms with van der Waals surface area (Å²) in [6.45, 7) is 7.43. The molecule has 11 heteroatoms. The van der Waals surface area contributed by atoms with E-state index in [1.807, 2.05) is 0 Å². The average molecular weight is 582 g/mol. The van der Waals surface area contributed by atoms with Crippen LogP contribution in [0.15, 0.2) is 35.2 Å². The van der Waals surface area contributed by atoms with Gasteiger partial charge >= 0.3 is 11.9 Å². The van der Waals surface area contributed by atoms with Crippen LogP contribution in [0.3, 0.4) is 0 Å². The van der Waals surface area contributed by atoms with E-state index in [0.717, 1.165) is 19.3 Å². The van der Waals surface area contributed by atoms with Crippen molar-refractivity contribution in [2.24, 2.45) is 17.8 Å². The highest BCUT2D eigenvalue weighted by Gasteiger charge is 2.33. The summed E-state index contributed by atoms with van der Waals surface area (Å²) in [6.07, 6.45) is 2.64. The van der Waals surface area contributed by atoms with Gasteiger partial charge in [-0.15, -0.1) is 0 Å². The van der Waals surface area contributed by atoms with E-state index < -0.39 is 28.6 Å². The van der Waals surface area contributed by atoms with Crippen LogP contribution in [0, 0.1) is 24.7 Å². The first-order valence-electron chi connectivity index (χ1n) is 12.8. The zero-order valence-corrected chi connectivity index (χ0v) is 24.6. The Balaban J connectivity index is 1.72. The average Bonchev–Trinajstić information content (AvgIpc) is 2.87. The summed E-state index contributed by atoms with van der Waals surface area (Å²) in [7, 11) is -1.35. The number of carbonyl (C=O) groups is 2. The molecule has 0 saturated heterocycles. The zero-order chi connectivity index (χ0) is 28.9. The number of rotatable bonds is 10. The lowest BCUT2D eigenvalue weighted by Crippen LogP contribution is -2.36. The maximum absolute atomic E-state index is 13.2. The Morgan fingerprint density at radius 2 is 1.77 bits per heavy atom. The molecule has 0 aliphatic heterocycles. The van der Waals surface area contributed by atoms with E-state index in [1.54, 1.807) is 6.92 Å². The van der Waals surface area contributed by atoms with Crippen molar-refractivity contribution < 1.29 is 37.0 Å². The number of aryl methyl sites for hydroxylation is 1. The number of hydrogen-bond acceptors (Lipinski definition) is 8. The molecule has 0 bridgehead atoms. The van der Waals surface area contributed by atoms with E-state index >= 15 is 0 Å². The molecule has 214 valence electrons. The maximum Gasteiger partial charge on any atom is 0.344 e. The highest BCUT2D eigenvalue weighted by atomic mass is 35.5. The fourth-order valence-electron chi connectivity index (χ4n) is 4.79. The van der Waals surface area contributed by atoms with Crippen molar-refractivity contribution in [2.75, 3.05) is 25.5 Å². The minimum Gasteiger partial charge on any atom is -0.495 e. The molecule has 0 spiro atoms. The molecular weight excluding hydrogens is 546 g/mol. The second-order valence-corrected chi connectivity index (χ2v) is 12.3. The predicted molar refractivity (Wildman–Crippen MR) is 148 cm³/mol. The number of anilines is 1. The van der Waals surface area contributed by atoms with Gasteiger partial charge in [0.05, 0.1) is 35.4 Å². The SMILES string of the molecule is COc1cc(OC)c(NS(=O)(=O)c2ccc(C)c(C(=O)OCC(=O)OC3CC(C)CCC3C(C)C)c2)cc1Cl. The molecule has 1 aliphatic rings. The van der Waals surface area contributed by atoms with E-state index in [-0.39, 0.29) is 38.9 Å². The van der Waals surface area contributed by atoms with Crippen LogP contribution in [0.2, 0.25) is 5.02 Å². The fraction of sp³-hybridized carbons (Fsp3) is 0.500. The largest absolute Gasteiger partial charge is 0.495 e. The Morgan fingerprint density at radius 3 is 2.41 bits per heavy atom. The van der Waals surface area contributed by atoms with Crippen molar-refractivity contribution in [2.45, 2.75) is 58.0 Å². The van der Waals surface area contributed by atoms with Gasteiger partial charge in [-0.25, -0.2) is 18.0 Å². The van der Waals surface area contributed by atoms with Crippen LogP contribution < -0.4 is 14.2 Å². The minimum atomic E-state index is -4.15. The van der Waals surface area contributed by atoms with Crippen molar-refractivity contribution in [1.29, 1.82) is 0 Å². The number of carbonyl (C=O) groups excluding carboxylic acids is 2. The van der Waals surface area contributed by atoms with Crippen LogP contribution in [-0.4, -0.2) is 47.3 Å². The van der Waals surface area contributed by atoms with Crippen LogP contribution in [0.5, 0.6) is 11.5 Å². The number of esters is 2. The lowest BCUT2D eigenvalue weighted by molar-refractivity contribution is -0.159. The first-order valence-corrected chi connectivity index (χ1v) is 14.6. The number of hydrogen-bond donors (Lipinski definition) is 1. The molecule has 0 radical (unpaired) electrons. The minimum absolute atomic E-state index is 0.0109. The van der Waals surface area contributed by atoms with Gasteiger partial charge in [0.1, 0.15) is 17.6 Å². The second-order valence-electron chi connectivity index (χ2n) is 10.2. The summed E-state index contributed by atoms with van der Waals surface area (Å²) >= 11 is 6.16. The van der Waals surface area contributed by atoms with Crippen LogP contribution in [0.1, 0.15) is 56.0 Å². The number of halogens is 1. The molecule has 0 heterocycles. The third-order valence-corrected chi connectivity index (χ3v) is 8.68. The summed E-state index contributed by atoms with van der Waals surface area (Å²) < 4.78 is 50.0. The summed E-state index contributed by atoms with van der Waals surface area (Å²) in [5.41, 5.74) is 0.586. The van der Waals surface area contributed by atoms with Gasteiger partial charge in [-0.05, 0) is 61.3 Å². The molecular formula is C28H36ClNO8S. The molecule has 1 saturated carbocycles. The van der Waals surface area contributed by atoms with Crippen LogP contribution in [0.4, 0.5) is 5.69 Å². The first kappa shape index (κ1) is 30.6. The van der Waals surface area contributed by atoms with Gasteiger partial charge in [0, 0.05) is 6.07 Å². The van der Waals surface area contributed by atoms with Crippen molar-refractivity contribution in [3.63, 3.8) is 0 Å². The molecule has 3 unspecified atom stereocenters. The van der Waals surface area contributed by atoms with Crippen molar-refractivity contribution in [1.82, 2.24) is 0 Å².